The van der Waals surface area contributed by atoms with E-state index < -0.39 is 0 Å². The van der Waals surface area contributed by atoms with E-state index in [1.165, 1.54) is 12.1 Å². The molecule has 1 aromatic rings. The summed E-state index contributed by atoms with van der Waals surface area (Å²) in [7, 11) is 0. The molecule has 4 heteroatoms. The van der Waals surface area contributed by atoms with Gasteiger partial charge in [-0.05, 0) is 38.1 Å². The number of amides is 1. The largest absolute Gasteiger partial charge is 0.396 e. The SMILES string of the molecule is CC(C)N(C(=O)CCO)c1ccc(F)cc1. The summed E-state index contributed by atoms with van der Waals surface area (Å²) in [5, 5.41) is 8.75. The average Bonchev–Trinajstić information content (AvgIpc) is 2.21. The third-order valence-electron chi connectivity index (χ3n) is 2.22. The smallest absolute Gasteiger partial charge is 0.229 e. The molecule has 1 rings (SSSR count). The zero-order chi connectivity index (χ0) is 12.1. The van der Waals surface area contributed by atoms with Gasteiger partial charge in [0.25, 0.3) is 0 Å². The Kier molecular flexibility index (Phi) is 4.43. The number of aliphatic hydroxyl groups excluding tert-OH is 1. The van der Waals surface area contributed by atoms with Gasteiger partial charge in [0.15, 0.2) is 0 Å². The van der Waals surface area contributed by atoms with Crippen LogP contribution in [0.15, 0.2) is 24.3 Å². The molecule has 0 unspecified atom stereocenters. The quantitative estimate of drug-likeness (QED) is 0.850. The standard InChI is InChI=1S/C12H16FNO2/c1-9(2)14(12(16)7-8-15)11-5-3-10(13)4-6-11/h3-6,9,15H,7-8H2,1-2H3. The van der Waals surface area contributed by atoms with Crippen LogP contribution >= 0.6 is 0 Å². The summed E-state index contributed by atoms with van der Waals surface area (Å²) in [6, 6.07) is 5.73. The second-order valence-corrected chi connectivity index (χ2v) is 3.81. The van der Waals surface area contributed by atoms with Crippen LogP contribution < -0.4 is 4.90 Å². The first-order chi connectivity index (χ1) is 7.56. The van der Waals surface area contributed by atoms with Crippen LogP contribution in [0.4, 0.5) is 10.1 Å². The van der Waals surface area contributed by atoms with Gasteiger partial charge in [0.05, 0.1) is 13.0 Å². The summed E-state index contributed by atoms with van der Waals surface area (Å²) in [6.45, 7) is 3.57. The number of halogens is 1. The van der Waals surface area contributed by atoms with Crippen molar-refractivity contribution in [2.45, 2.75) is 26.3 Å². The highest BCUT2D eigenvalue weighted by atomic mass is 19.1. The molecule has 0 spiro atoms. The van der Waals surface area contributed by atoms with Gasteiger partial charge in [0.1, 0.15) is 5.82 Å². The van der Waals surface area contributed by atoms with Crippen LogP contribution in [0.2, 0.25) is 0 Å². The molecular weight excluding hydrogens is 209 g/mol. The molecule has 0 aliphatic rings. The van der Waals surface area contributed by atoms with E-state index in [0.29, 0.717) is 5.69 Å². The van der Waals surface area contributed by atoms with Crippen LogP contribution in [-0.2, 0) is 4.79 Å². The molecule has 0 saturated carbocycles. The molecule has 0 fully saturated rings. The third kappa shape index (κ3) is 3.03. The second kappa shape index (κ2) is 5.61. The molecule has 0 radical (unpaired) electrons. The van der Waals surface area contributed by atoms with E-state index in [0.717, 1.165) is 0 Å². The maximum atomic E-state index is 12.8. The van der Waals surface area contributed by atoms with Crippen molar-refractivity contribution in [3.05, 3.63) is 30.1 Å². The number of hydrogen-bond donors (Lipinski definition) is 1. The van der Waals surface area contributed by atoms with Gasteiger partial charge < -0.3 is 10.0 Å². The monoisotopic (exact) mass is 225 g/mol. The van der Waals surface area contributed by atoms with Crippen LogP contribution in [0.25, 0.3) is 0 Å². The van der Waals surface area contributed by atoms with E-state index >= 15 is 0 Å². The Bertz CT molecular complexity index is 349. The Labute approximate surface area is 94.5 Å². The van der Waals surface area contributed by atoms with Gasteiger partial charge in [-0.15, -0.1) is 0 Å². The highest BCUT2D eigenvalue weighted by molar-refractivity contribution is 5.93. The first-order valence-corrected chi connectivity index (χ1v) is 5.24. The summed E-state index contributed by atoms with van der Waals surface area (Å²) < 4.78 is 12.8. The Morgan fingerprint density at radius 1 is 1.38 bits per heavy atom. The highest BCUT2D eigenvalue weighted by Crippen LogP contribution is 2.18. The number of rotatable bonds is 4. The lowest BCUT2D eigenvalue weighted by Gasteiger charge is -2.26. The van der Waals surface area contributed by atoms with E-state index in [-0.39, 0.29) is 30.8 Å². The Balaban J connectivity index is 2.93. The molecule has 16 heavy (non-hydrogen) atoms. The molecule has 0 heterocycles. The van der Waals surface area contributed by atoms with E-state index in [4.69, 9.17) is 5.11 Å². The number of aliphatic hydroxyl groups is 1. The molecule has 1 N–H and O–H groups in total. The van der Waals surface area contributed by atoms with Crippen molar-refractivity contribution < 1.29 is 14.3 Å². The lowest BCUT2D eigenvalue weighted by Crippen LogP contribution is -2.37. The fraction of sp³-hybridized carbons (Fsp3) is 0.417. The van der Waals surface area contributed by atoms with Crippen LogP contribution in [-0.4, -0.2) is 23.7 Å². The van der Waals surface area contributed by atoms with Gasteiger partial charge in [-0.2, -0.15) is 0 Å². The van der Waals surface area contributed by atoms with E-state index in [2.05, 4.69) is 0 Å². The van der Waals surface area contributed by atoms with Crippen LogP contribution in [0.3, 0.4) is 0 Å². The molecule has 3 nitrogen and oxygen atoms in total. The molecule has 0 saturated heterocycles. The predicted octanol–water partition coefficient (Wildman–Crippen LogP) is 1.95. The van der Waals surface area contributed by atoms with E-state index in [1.807, 2.05) is 13.8 Å². The number of carbonyl (C=O) groups excluding carboxylic acids is 1. The Morgan fingerprint density at radius 3 is 2.38 bits per heavy atom. The number of nitrogens with zero attached hydrogens (tertiary/aromatic N) is 1. The molecular formula is C12H16FNO2. The maximum Gasteiger partial charge on any atom is 0.229 e. The fourth-order valence-corrected chi connectivity index (χ4v) is 1.55. The number of benzene rings is 1. The summed E-state index contributed by atoms with van der Waals surface area (Å²) in [4.78, 5) is 13.3. The van der Waals surface area contributed by atoms with Gasteiger partial charge in [-0.25, -0.2) is 4.39 Å². The van der Waals surface area contributed by atoms with Gasteiger partial charge in [0.2, 0.25) is 5.91 Å². The molecule has 0 bridgehead atoms. The molecule has 0 aliphatic heterocycles. The van der Waals surface area contributed by atoms with Crippen molar-refractivity contribution in [2.75, 3.05) is 11.5 Å². The van der Waals surface area contributed by atoms with Gasteiger partial charge in [-0.3, -0.25) is 4.79 Å². The van der Waals surface area contributed by atoms with Crippen molar-refractivity contribution in [2.24, 2.45) is 0 Å². The summed E-state index contributed by atoms with van der Waals surface area (Å²) in [5.74, 6) is -0.494. The van der Waals surface area contributed by atoms with Crippen molar-refractivity contribution in [3.63, 3.8) is 0 Å². The summed E-state index contributed by atoms with van der Waals surface area (Å²) >= 11 is 0. The van der Waals surface area contributed by atoms with Crippen LogP contribution in [0.5, 0.6) is 0 Å². The van der Waals surface area contributed by atoms with Gasteiger partial charge in [0, 0.05) is 11.7 Å². The number of anilines is 1. The maximum absolute atomic E-state index is 12.8. The normalized spacial score (nSPS) is 10.6. The molecule has 0 aliphatic carbocycles. The fourth-order valence-electron chi connectivity index (χ4n) is 1.55. The van der Waals surface area contributed by atoms with Crippen molar-refractivity contribution in [3.8, 4) is 0 Å². The van der Waals surface area contributed by atoms with Gasteiger partial charge in [-0.1, -0.05) is 0 Å². The number of hydrogen-bond acceptors (Lipinski definition) is 2. The predicted molar refractivity (Wildman–Crippen MR) is 60.7 cm³/mol. The zero-order valence-corrected chi connectivity index (χ0v) is 9.48. The third-order valence-corrected chi connectivity index (χ3v) is 2.22. The Morgan fingerprint density at radius 2 is 1.94 bits per heavy atom. The molecule has 0 aromatic heterocycles. The average molecular weight is 225 g/mol. The van der Waals surface area contributed by atoms with Crippen LogP contribution in [0.1, 0.15) is 20.3 Å². The molecule has 1 amide bonds. The first kappa shape index (κ1) is 12.6. The lowest BCUT2D eigenvalue weighted by atomic mass is 10.2. The Hall–Kier alpha value is -1.42. The minimum absolute atomic E-state index is 0.0236. The summed E-state index contributed by atoms with van der Waals surface area (Å²) in [6.07, 6.45) is 0.0789. The van der Waals surface area contributed by atoms with Crippen molar-refractivity contribution in [1.82, 2.24) is 0 Å². The van der Waals surface area contributed by atoms with Crippen molar-refractivity contribution >= 4 is 11.6 Å². The first-order valence-electron chi connectivity index (χ1n) is 5.24. The van der Waals surface area contributed by atoms with E-state index in [1.54, 1.807) is 17.0 Å². The van der Waals surface area contributed by atoms with E-state index in [9.17, 15) is 9.18 Å². The zero-order valence-electron chi connectivity index (χ0n) is 9.48. The second-order valence-electron chi connectivity index (χ2n) is 3.81. The minimum atomic E-state index is -0.331. The van der Waals surface area contributed by atoms with Crippen molar-refractivity contribution in [1.29, 1.82) is 0 Å². The molecule has 0 atom stereocenters. The lowest BCUT2D eigenvalue weighted by molar-refractivity contribution is -0.119. The molecule has 88 valence electrons. The van der Waals surface area contributed by atoms with Gasteiger partial charge >= 0.3 is 0 Å². The summed E-state index contributed by atoms with van der Waals surface area (Å²) in [5.41, 5.74) is 0.648. The number of carbonyl (C=O) groups is 1. The topological polar surface area (TPSA) is 40.5 Å². The van der Waals surface area contributed by atoms with Crippen LogP contribution in [0, 0.1) is 5.82 Å². The highest BCUT2D eigenvalue weighted by Gasteiger charge is 2.18. The minimum Gasteiger partial charge on any atom is -0.396 e. The molecule has 1 aromatic carbocycles.